The Labute approximate surface area is 145 Å². The van der Waals surface area contributed by atoms with E-state index in [9.17, 15) is 22.0 Å². The van der Waals surface area contributed by atoms with Crippen LogP contribution in [0.15, 0.2) is 23.1 Å². The number of nitrogens with zero attached hydrogens (tertiary/aromatic N) is 2. The van der Waals surface area contributed by atoms with Crippen molar-refractivity contribution in [2.75, 3.05) is 13.1 Å². The molecule has 0 N–H and O–H groups in total. The lowest BCUT2D eigenvalue weighted by Crippen LogP contribution is -2.57. The highest BCUT2D eigenvalue weighted by molar-refractivity contribution is 7.89. The summed E-state index contributed by atoms with van der Waals surface area (Å²) in [4.78, 5) is 13.8. The van der Waals surface area contributed by atoms with Gasteiger partial charge in [-0.25, -0.2) is 17.2 Å². The minimum atomic E-state index is -3.94. The third-order valence-electron chi connectivity index (χ3n) is 5.44. The Morgan fingerprint density at radius 2 is 1.68 bits per heavy atom. The molecule has 1 aromatic rings. The number of hydrogen-bond acceptors (Lipinski definition) is 3. The van der Waals surface area contributed by atoms with Crippen molar-refractivity contribution in [1.82, 2.24) is 9.21 Å². The summed E-state index contributed by atoms with van der Waals surface area (Å²) >= 11 is 0. The number of fused-ring (bicyclic) bond motifs is 1. The molecule has 1 aromatic carbocycles. The van der Waals surface area contributed by atoms with E-state index in [1.165, 1.54) is 4.31 Å². The zero-order valence-corrected chi connectivity index (χ0v) is 14.5. The van der Waals surface area contributed by atoms with E-state index in [1.807, 2.05) is 4.90 Å². The molecule has 1 aliphatic carbocycles. The van der Waals surface area contributed by atoms with E-state index >= 15 is 0 Å². The van der Waals surface area contributed by atoms with E-state index in [4.69, 9.17) is 0 Å². The fraction of sp³-hybridized carbons (Fsp3) is 0.588. The molecule has 0 spiro atoms. The molecule has 0 unspecified atom stereocenters. The standard InChI is InChI=1S/C17H20F2N2O3S/c18-12-7-13(19)9-15(8-12)25(23,24)20-6-5-16-11(10-20)1-4-17(22)21(16)14-2-3-14/h7-9,11,14,16H,1-6,10H2/t11-,16+/m1/s1. The lowest BCUT2D eigenvalue weighted by Gasteiger charge is -2.46. The lowest BCUT2D eigenvalue weighted by molar-refractivity contribution is -0.141. The normalized spacial score (nSPS) is 28.1. The van der Waals surface area contributed by atoms with Gasteiger partial charge in [0.25, 0.3) is 0 Å². The first-order valence-electron chi connectivity index (χ1n) is 8.63. The molecule has 3 aliphatic rings. The first-order chi connectivity index (χ1) is 11.9. The molecule has 2 heterocycles. The quantitative estimate of drug-likeness (QED) is 0.819. The summed E-state index contributed by atoms with van der Waals surface area (Å²) in [6, 6.07) is 2.77. The summed E-state index contributed by atoms with van der Waals surface area (Å²) in [5, 5.41) is 0. The van der Waals surface area contributed by atoms with Crippen LogP contribution >= 0.6 is 0 Å². The van der Waals surface area contributed by atoms with E-state index in [0.717, 1.165) is 25.0 Å². The number of amides is 1. The maximum Gasteiger partial charge on any atom is 0.243 e. The topological polar surface area (TPSA) is 57.7 Å². The van der Waals surface area contributed by atoms with E-state index in [0.29, 0.717) is 37.9 Å². The molecular formula is C17H20F2N2O3S. The molecule has 2 atom stereocenters. The van der Waals surface area contributed by atoms with Crippen LogP contribution in [0.2, 0.25) is 0 Å². The van der Waals surface area contributed by atoms with Gasteiger partial charge in [0.1, 0.15) is 11.6 Å². The summed E-state index contributed by atoms with van der Waals surface area (Å²) in [6.45, 7) is 0.555. The third kappa shape index (κ3) is 3.06. The molecule has 0 bridgehead atoms. The average molecular weight is 370 g/mol. The van der Waals surface area contributed by atoms with Gasteiger partial charge < -0.3 is 4.90 Å². The molecule has 5 nitrogen and oxygen atoms in total. The molecule has 1 amide bonds. The molecule has 4 rings (SSSR count). The second kappa shape index (κ2) is 6.02. The number of sulfonamides is 1. The Kier molecular flexibility index (Phi) is 4.07. The van der Waals surface area contributed by atoms with Gasteiger partial charge in [0.15, 0.2) is 0 Å². The maximum atomic E-state index is 13.4. The number of halogens is 2. The molecule has 8 heteroatoms. The minimum Gasteiger partial charge on any atom is -0.336 e. The van der Waals surface area contributed by atoms with Crippen molar-refractivity contribution in [1.29, 1.82) is 0 Å². The third-order valence-corrected chi connectivity index (χ3v) is 7.29. The highest BCUT2D eigenvalue weighted by Gasteiger charge is 2.46. The largest absolute Gasteiger partial charge is 0.336 e. The van der Waals surface area contributed by atoms with Crippen molar-refractivity contribution in [2.45, 2.75) is 49.1 Å². The summed E-state index contributed by atoms with van der Waals surface area (Å²) in [6.07, 6.45) is 3.74. The molecule has 2 saturated heterocycles. The van der Waals surface area contributed by atoms with Gasteiger partial charge in [-0.1, -0.05) is 0 Å². The van der Waals surface area contributed by atoms with Crippen LogP contribution in [0.5, 0.6) is 0 Å². The highest BCUT2D eigenvalue weighted by atomic mass is 32.2. The SMILES string of the molecule is O=C1CC[C@@H]2CN(S(=O)(=O)c3cc(F)cc(F)c3)CC[C@@H]2N1C1CC1. The van der Waals surface area contributed by atoms with Gasteiger partial charge in [-0.15, -0.1) is 0 Å². The fourth-order valence-electron chi connectivity index (χ4n) is 4.13. The monoisotopic (exact) mass is 370 g/mol. The molecule has 1 saturated carbocycles. The zero-order valence-electron chi connectivity index (χ0n) is 13.7. The first-order valence-corrected chi connectivity index (χ1v) is 10.1. The van der Waals surface area contributed by atoms with Gasteiger partial charge in [-0.2, -0.15) is 4.31 Å². The van der Waals surface area contributed by atoms with Crippen LogP contribution in [-0.4, -0.2) is 48.7 Å². The molecular weight excluding hydrogens is 350 g/mol. The maximum absolute atomic E-state index is 13.4. The minimum absolute atomic E-state index is 0.0835. The molecule has 0 radical (unpaired) electrons. The Morgan fingerprint density at radius 3 is 2.32 bits per heavy atom. The number of benzene rings is 1. The smallest absolute Gasteiger partial charge is 0.243 e. The Bertz CT molecular complexity index is 790. The Morgan fingerprint density at radius 1 is 1.00 bits per heavy atom. The number of piperidine rings is 2. The predicted octanol–water partition coefficient (Wildman–Crippen LogP) is 2.13. The fourth-order valence-corrected chi connectivity index (χ4v) is 5.69. The van der Waals surface area contributed by atoms with Crippen LogP contribution in [-0.2, 0) is 14.8 Å². The van der Waals surface area contributed by atoms with Crippen LogP contribution in [0.4, 0.5) is 8.78 Å². The van der Waals surface area contributed by atoms with Gasteiger partial charge in [0, 0.05) is 37.7 Å². The average Bonchev–Trinajstić information content (AvgIpc) is 3.38. The summed E-state index contributed by atoms with van der Waals surface area (Å²) < 4.78 is 53.7. The van der Waals surface area contributed by atoms with Crippen LogP contribution in [0.3, 0.4) is 0 Å². The number of carbonyl (C=O) groups is 1. The highest BCUT2D eigenvalue weighted by Crippen LogP contribution is 2.39. The Balaban J connectivity index is 1.56. The van der Waals surface area contributed by atoms with Gasteiger partial charge in [0.05, 0.1) is 4.90 Å². The van der Waals surface area contributed by atoms with Gasteiger partial charge in [-0.05, 0) is 43.7 Å². The molecule has 136 valence electrons. The van der Waals surface area contributed by atoms with E-state index in [2.05, 4.69) is 0 Å². The van der Waals surface area contributed by atoms with E-state index in [1.54, 1.807) is 0 Å². The van der Waals surface area contributed by atoms with Crippen LogP contribution in [0.1, 0.15) is 32.1 Å². The predicted molar refractivity (Wildman–Crippen MR) is 86.1 cm³/mol. The van der Waals surface area contributed by atoms with Gasteiger partial charge >= 0.3 is 0 Å². The molecule has 2 aliphatic heterocycles. The van der Waals surface area contributed by atoms with Crippen LogP contribution in [0, 0.1) is 17.6 Å². The van der Waals surface area contributed by atoms with Crippen molar-refractivity contribution >= 4 is 15.9 Å². The molecule has 0 aromatic heterocycles. The van der Waals surface area contributed by atoms with E-state index < -0.39 is 21.7 Å². The summed E-state index contributed by atoms with van der Waals surface area (Å²) in [5.74, 6) is -1.55. The van der Waals surface area contributed by atoms with Crippen molar-refractivity contribution in [3.05, 3.63) is 29.8 Å². The van der Waals surface area contributed by atoms with E-state index in [-0.39, 0.29) is 29.3 Å². The first kappa shape index (κ1) is 16.9. The number of hydrogen-bond donors (Lipinski definition) is 0. The molecule has 25 heavy (non-hydrogen) atoms. The van der Waals surface area contributed by atoms with Crippen molar-refractivity contribution in [2.24, 2.45) is 5.92 Å². The number of likely N-dealkylation sites (tertiary alicyclic amines) is 1. The van der Waals surface area contributed by atoms with Crippen molar-refractivity contribution in [3.63, 3.8) is 0 Å². The lowest BCUT2D eigenvalue weighted by atomic mass is 9.84. The second-order valence-corrected chi connectivity index (χ2v) is 9.09. The van der Waals surface area contributed by atoms with Crippen molar-refractivity contribution < 1.29 is 22.0 Å². The number of carbonyl (C=O) groups excluding carboxylic acids is 1. The Hall–Kier alpha value is -1.54. The number of rotatable bonds is 3. The van der Waals surface area contributed by atoms with Crippen LogP contribution < -0.4 is 0 Å². The molecule has 3 fully saturated rings. The summed E-state index contributed by atoms with van der Waals surface area (Å²) in [5.41, 5.74) is 0. The van der Waals surface area contributed by atoms with Crippen LogP contribution in [0.25, 0.3) is 0 Å². The van der Waals surface area contributed by atoms with Gasteiger partial charge in [-0.3, -0.25) is 4.79 Å². The summed E-state index contributed by atoms with van der Waals surface area (Å²) in [7, 11) is -3.94. The van der Waals surface area contributed by atoms with Crippen molar-refractivity contribution in [3.8, 4) is 0 Å². The zero-order chi connectivity index (χ0) is 17.8. The van der Waals surface area contributed by atoms with Gasteiger partial charge in [0.2, 0.25) is 15.9 Å². The second-order valence-electron chi connectivity index (χ2n) is 7.16.